The van der Waals surface area contributed by atoms with E-state index in [-0.39, 0.29) is 23.1 Å². The number of carbonyl (C=O) groups excluding carboxylic acids is 2. The first-order valence-electron chi connectivity index (χ1n) is 9.42. The summed E-state index contributed by atoms with van der Waals surface area (Å²) in [6.45, 7) is 0. The fraction of sp³-hybridized carbons (Fsp3) is 0.0435. The number of aromatic amines is 1. The zero-order valence-electron chi connectivity index (χ0n) is 16.5. The minimum Gasteiger partial charge on any atom is -0.457 e. The third kappa shape index (κ3) is 4.43. The van der Waals surface area contributed by atoms with Gasteiger partial charge in [-0.15, -0.1) is 0 Å². The van der Waals surface area contributed by atoms with E-state index in [1.165, 1.54) is 31.6 Å². The zero-order chi connectivity index (χ0) is 21.8. The molecule has 3 N–H and O–H groups in total. The molecule has 0 bridgehead atoms. The Bertz CT molecular complexity index is 1330. The van der Waals surface area contributed by atoms with Gasteiger partial charge in [0.1, 0.15) is 17.2 Å². The molecular weight excluding hydrogens is 396 g/mol. The summed E-state index contributed by atoms with van der Waals surface area (Å²) in [4.78, 5) is 42.2. The van der Waals surface area contributed by atoms with Gasteiger partial charge in [-0.05, 0) is 47.2 Å². The van der Waals surface area contributed by atoms with Crippen LogP contribution < -0.4 is 20.9 Å². The Labute approximate surface area is 176 Å². The molecule has 0 radical (unpaired) electrons. The second kappa shape index (κ2) is 8.50. The number of carbonyl (C=O) groups is 2. The molecule has 0 saturated heterocycles. The van der Waals surface area contributed by atoms with Gasteiger partial charge in [0, 0.05) is 37.1 Å². The van der Waals surface area contributed by atoms with Gasteiger partial charge in [-0.2, -0.15) is 0 Å². The number of benzene rings is 2. The van der Waals surface area contributed by atoms with Gasteiger partial charge in [0.05, 0.1) is 5.69 Å². The number of amides is 2. The molecule has 8 heteroatoms. The molecule has 0 unspecified atom stereocenters. The number of nitrogens with zero attached hydrogens (tertiary/aromatic N) is 1. The molecular formula is C23H18N4O4. The first-order valence-corrected chi connectivity index (χ1v) is 9.42. The van der Waals surface area contributed by atoms with Crippen molar-refractivity contribution in [2.75, 3.05) is 12.4 Å². The maximum atomic E-state index is 12.7. The summed E-state index contributed by atoms with van der Waals surface area (Å²) in [5.41, 5.74) is 0.988. The van der Waals surface area contributed by atoms with Gasteiger partial charge in [0.25, 0.3) is 11.8 Å². The van der Waals surface area contributed by atoms with Gasteiger partial charge in [0.2, 0.25) is 5.56 Å². The van der Waals surface area contributed by atoms with Crippen molar-refractivity contribution in [3.8, 4) is 11.5 Å². The quantitative estimate of drug-likeness (QED) is 0.464. The highest BCUT2D eigenvalue weighted by Crippen LogP contribution is 2.28. The van der Waals surface area contributed by atoms with Crippen LogP contribution >= 0.6 is 0 Å². The Kier molecular flexibility index (Phi) is 5.44. The van der Waals surface area contributed by atoms with Gasteiger partial charge < -0.3 is 20.4 Å². The van der Waals surface area contributed by atoms with Crippen LogP contribution in [-0.2, 0) is 0 Å². The van der Waals surface area contributed by atoms with Crippen LogP contribution in [-0.4, -0.2) is 28.8 Å². The van der Waals surface area contributed by atoms with Gasteiger partial charge >= 0.3 is 0 Å². The number of H-pyrrole nitrogens is 1. The van der Waals surface area contributed by atoms with Crippen molar-refractivity contribution in [1.82, 2.24) is 15.3 Å². The van der Waals surface area contributed by atoms with Crippen LogP contribution in [0.5, 0.6) is 11.5 Å². The number of fused-ring (bicyclic) bond motifs is 1. The third-order valence-corrected chi connectivity index (χ3v) is 4.57. The molecule has 4 rings (SSSR count). The molecule has 0 aliphatic carbocycles. The lowest BCUT2D eigenvalue weighted by molar-refractivity contribution is 0.0957. The molecule has 0 aliphatic heterocycles. The number of aromatic nitrogens is 2. The number of anilines is 1. The van der Waals surface area contributed by atoms with E-state index in [2.05, 4.69) is 20.6 Å². The first kappa shape index (κ1) is 19.8. The highest BCUT2D eigenvalue weighted by Gasteiger charge is 2.12. The predicted molar refractivity (Wildman–Crippen MR) is 117 cm³/mol. The molecule has 2 aromatic heterocycles. The lowest BCUT2D eigenvalue weighted by Crippen LogP contribution is -2.18. The third-order valence-electron chi connectivity index (χ3n) is 4.57. The minimum atomic E-state index is -0.304. The van der Waals surface area contributed by atoms with Crippen LogP contribution in [0.25, 0.3) is 10.8 Å². The van der Waals surface area contributed by atoms with Crippen LogP contribution in [0.4, 0.5) is 5.69 Å². The van der Waals surface area contributed by atoms with E-state index in [1.807, 2.05) is 12.1 Å². The van der Waals surface area contributed by atoms with Crippen LogP contribution in [0, 0.1) is 0 Å². The Morgan fingerprint density at radius 2 is 1.81 bits per heavy atom. The van der Waals surface area contributed by atoms with Crippen molar-refractivity contribution in [2.45, 2.75) is 0 Å². The Morgan fingerprint density at radius 3 is 2.58 bits per heavy atom. The maximum absolute atomic E-state index is 12.7. The summed E-state index contributed by atoms with van der Waals surface area (Å²) in [6.07, 6.45) is 2.94. The van der Waals surface area contributed by atoms with Gasteiger partial charge in [-0.25, -0.2) is 0 Å². The van der Waals surface area contributed by atoms with E-state index in [9.17, 15) is 14.4 Å². The molecule has 0 atom stereocenters. The monoisotopic (exact) mass is 414 g/mol. The molecule has 31 heavy (non-hydrogen) atoms. The van der Waals surface area contributed by atoms with Gasteiger partial charge in [-0.1, -0.05) is 12.1 Å². The molecule has 2 amide bonds. The van der Waals surface area contributed by atoms with E-state index in [0.29, 0.717) is 22.7 Å². The van der Waals surface area contributed by atoms with Crippen LogP contribution in [0.2, 0.25) is 0 Å². The fourth-order valence-electron chi connectivity index (χ4n) is 3.07. The summed E-state index contributed by atoms with van der Waals surface area (Å²) >= 11 is 0. The van der Waals surface area contributed by atoms with E-state index in [4.69, 9.17) is 4.74 Å². The number of ether oxygens (including phenoxy) is 1. The highest BCUT2D eigenvalue weighted by molar-refractivity contribution is 6.13. The Morgan fingerprint density at radius 1 is 0.968 bits per heavy atom. The van der Waals surface area contributed by atoms with Crippen LogP contribution in [0.15, 0.2) is 77.9 Å². The van der Waals surface area contributed by atoms with E-state index in [1.54, 1.807) is 36.4 Å². The van der Waals surface area contributed by atoms with Gasteiger partial charge in [0.15, 0.2) is 0 Å². The van der Waals surface area contributed by atoms with Crippen LogP contribution in [0.1, 0.15) is 20.8 Å². The number of rotatable bonds is 5. The number of nitrogens with one attached hydrogen (secondary N) is 3. The molecule has 2 aromatic carbocycles. The second-order valence-corrected chi connectivity index (χ2v) is 6.64. The average Bonchev–Trinajstić information content (AvgIpc) is 2.79. The maximum Gasteiger partial charge on any atom is 0.269 e. The molecule has 8 nitrogen and oxygen atoms in total. The topological polar surface area (TPSA) is 113 Å². The van der Waals surface area contributed by atoms with Crippen molar-refractivity contribution >= 4 is 28.3 Å². The SMILES string of the molecule is CNC(=O)c1cc(Oc2ccc3c(C(=O)Nc4ccc(=O)[nH]c4)cccc3c2)ccn1. The Balaban J connectivity index is 1.59. The normalized spacial score (nSPS) is 10.5. The van der Waals surface area contributed by atoms with Crippen LogP contribution in [0.3, 0.4) is 0 Å². The summed E-state index contributed by atoms with van der Waals surface area (Å²) in [7, 11) is 1.53. The second-order valence-electron chi connectivity index (χ2n) is 6.64. The standard InChI is InChI=1S/C23H18N4O4/c1-24-23(30)20-12-17(9-10-25-20)31-16-6-7-18-14(11-16)3-2-4-19(18)22(29)27-15-5-8-21(28)26-13-15/h2-13H,1H3,(H,24,30)(H,26,28)(H,27,29). The molecule has 0 fully saturated rings. The number of pyridine rings is 2. The highest BCUT2D eigenvalue weighted by atomic mass is 16.5. The smallest absolute Gasteiger partial charge is 0.269 e. The average molecular weight is 414 g/mol. The molecule has 154 valence electrons. The number of hydrogen-bond acceptors (Lipinski definition) is 5. The van der Waals surface area contributed by atoms with E-state index >= 15 is 0 Å². The van der Waals surface area contributed by atoms with Crippen molar-refractivity contribution in [1.29, 1.82) is 0 Å². The summed E-state index contributed by atoms with van der Waals surface area (Å²) < 4.78 is 5.87. The zero-order valence-corrected chi connectivity index (χ0v) is 16.5. The summed E-state index contributed by atoms with van der Waals surface area (Å²) in [5, 5.41) is 6.85. The van der Waals surface area contributed by atoms with E-state index in [0.717, 1.165) is 10.8 Å². The largest absolute Gasteiger partial charge is 0.457 e. The fourth-order valence-corrected chi connectivity index (χ4v) is 3.07. The van der Waals surface area contributed by atoms with E-state index < -0.39 is 0 Å². The molecule has 4 aromatic rings. The van der Waals surface area contributed by atoms with Crippen molar-refractivity contribution < 1.29 is 14.3 Å². The minimum absolute atomic E-state index is 0.243. The predicted octanol–water partition coefficient (Wildman–Crippen LogP) is 3.33. The molecule has 0 aliphatic rings. The summed E-state index contributed by atoms with van der Waals surface area (Å²) in [5.74, 6) is 0.428. The Hall–Kier alpha value is -4.46. The summed E-state index contributed by atoms with van der Waals surface area (Å²) in [6, 6.07) is 16.8. The lowest BCUT2D eigenvalue weighted by atomic mass is 10.0. The molecule has 0 saturated carbocycles. The van der Waals surface area contributed by atoms with Crippen molar-refractivity contribution in [3.63, 3.8) is 0 Å². The number of hydrogen-bond donors (Lipinski definition) is 3. The van der Waals surface area contributed by atoms with Crippen molar-refractivity contribution in [3.05, 3.63) is 94.7 Å². The lowest BCUT2D eigenvalue weighted by Gasteiger charge is -2.11. The molecule has 2 heterocycles. The molecule has 0 spiro atoms. The first-order chi connectivity index (χ1) is 15.0. The van der Waals surface area contributed by atoms with Crippen molar-refractivity contribution in [2.24, 2.45) is 0 Å². The van der Waals surface area contributed by atoms with Gasteiger partial charge in [-0.3, -0.25) is 19.4 Å².